The van der Waals surface area contributed by atoms with E-state index in [0.29, 0.717) is 0 Å². The van der Waals surface area contributed by atoms with E-state index in [9.17, 15) is 0 Å². The van der Waals surface area contributed by atoms with Crippen LogP contribution in [0.4, 0.5) is 0 Å². The molecule has 0 atom stereocenters. The monoisotopic (exact) mass is 258 g/mol. The summed E-state index contributed by atoms with van der Waals surface area (Å²) in [6.45, 7) is 0. The molecule has 0 nitrogen and oxygen atoms in total. The van der Waals surface area contributed by atoms with Crippen molar-refractivity contribution < 1.29 is 21.7 Å². The first kappa shape index (κ1) is 18.3. The van der Waals surface area contributed by atoms with Crippen molar-refractivity contribution in [2.45, 2.75) is 0 Å². The minimum atomic E-state index is 0. The predicted molar refractivity (Wildman–Crippen MR) is 74.4 cm³/mol. The summed E-state index contributed by atoms with van der Waals surface area (Å²) in [6, 6.07) is 24.7. The first-order valence-electron chi connectivity index (χ1n) is 4.74. The molecule has 3 rings (SSSR count). The Hall–Kier alpha value is -1.11. The van der Waals surface area contributed by atoms with E-state index >= 15 is 0 Å². The fourth-order valence-electron chi connectivity index (χ4n) is 1.39. The van der Waals surface area contributed by atoms with Crippen molar-refractivity contribution >= 4 is 10.8 Å². The summed E-state index contributed by atoms with van der Waals surface area (Å²) in [5.41, 5.74) is 0. The molecule has 0 saturated heterocycles. The summed E-state index contributed by atoms with van der Waals surface area (Å²) in [5, 5.41) is 2.66. The SMILES string of the molecule is [CH3-].[CH3-].[Ti+4].c1cc[cH-]c1.c1ccc2[cH-]ccc2c1. The molecule has 0 N–H and O–H groups in total. The molecule has 0 spiro atoms. The average molecular weight is 258 g/mol. The summed E-state index contributed by atoms with van der Waals surface area (Å²) in [6.07, 6.45) is 0. The van der Waals surface area contributed by atoms with Crippen LogP contribution in [0.5, 0.6) is 0 Å². The predicted octanol–water partition coefficient (Wildman–Crippen LogP) is 4.86. The van der Waals surface area contributed by atoms with E-state index in [2.05, 4.69) is 42.5 Å². The second-order valence-corrected chi connectivity index (χ2v) is 3.12. The normalized spacial score (nSPS) is 7.76. The quantitative estimate of drug-likeness (QED) is 0.399. The Morgan fingerprint density at radius 1 is 0.706 bits per heavy atom. The van der Waals surface area contributed by atoms with Crippen LogP contribution in [0.1, 0.15) is 0 Å². The van der Waals surface area contributed by atoms with Gasteiger partial charge in [-0.15, -0.1) is 29.7 Å². The standard InChI is InChI=1S/C9H7.C5H5.2CH3.Ti/c1-2-5-9-7-3-6-8(9)4-1;1-2-4-5-3-1;;;/h1-7H;1-5H;2*1H3;/q4*-1;+4. The average Bonchev–Trinajstić information content (AvgIpc) is 2.92. The third kappa shape index (κ3) is 5.67. The summed E-state index contributed by atoms with van der Waals surface area (Å²) >= 11 is 0. The van der Waals surface area contributed by atoms with E-state index in [1.165, 1.54) is 10.8 Å². The van der Waals surface area contributed by atoms with Gasteiger partial charge in [0.2, 0.25) is 0 Å². The number of benzene rings is 1. The van der Waals surface area contributed by atoms with Gasteiger partial charge in [0.1, 0.15) is 0 Å². The molecule has 1 heteroatoms. The number of rotatable bonds is 0. The maximum absolute atomic E-state index is 2.12. The second-order valence-electron chi connectivity index (χ2n) is 3.12. The zero-order chi connectivity index (χ0) is 9.64. The van der Waals surface area contributed by atoms with Gasteiger partial charge in [-0.3, -0.25) is 0 Å². The van der Waals surface area contributed by atoms with Crippen molar-refractivity contribution in [3.05, 3.63) is 87.6 Å². The van der Waals surface area contributed by atoms with Gasteiger partial charge in [0.25, 0.3) is 0 Å². The summed E-state index contributed by atoms with van der Waals surface area (Å²) in [4.78, 5) is 0. The van der Waals surface area contributed by atoms with Crippen LogP contribution in [0, 0.1) is 14.9 Å². The van der Waals surface area contributed by atoms with Gasteiger partial charge in [0.15, 0.2) is 0 Å². The molecule has 0 fully saturated rings. The van der Waals surface area contributed by atoms with Crippen LogP contribution < -0.4 is 0 Å². The molecule has 0 aliphatic heterocycles. The molecule has 0 aromatic heterocycles. The van der Waals surface area contributed by atoms with E-state index in [4.69, 9.17) is 0 Å². The van der Waals surface area contributed by atoms with Crippen molar-refractivity contribution in [1.82, 2.24) is 0 Å². The maximum Gasteiger partial charge on any atom is 4.00 e. The van der Waals surface area contributed by atoms with Crippen molar-refractivity contribution in [2.24, 2.45) is 0 Å². The van der Waals surface area contributed by atoms with Gasteiger partial charge in [0.05, 0.1) is 0 Å². The number of fused-ring (bicyclic) bond motifs is 1. The Kier molecular flexibility index (Phi) is 10.8. The Balaban J connectivity index is 0. The van der Waals surface area contributed by atoms with Gasteiger partial charge in [-0.1, -0.05) is 6.07 Å². The Morgan fingerprint density at radius 2 is 1.35 bits per heavy atom. The zero-order valence-electron chi connectivity index (χ0n) is 10.4. The van der Waals surface area contributed by atoms with E-state index in [0.717, 1.165) is 0 Å². The smallest absolute Gasteiger partial charge is 0.358 e. The molecular formula is C16H18Ti. The molecule has 0 aliphatic rings. The second kappa shape index (κ2) is 10.1. The molecule has 86 valence electrons. The van der Waals surface area contributed by atoms with Crippen LogP contribution in [0.2, 0.25) is 0 Å². The Bertz CT molecular complexity index is 415. The van der Waals surface area contributed by atoms with Gasteiger partial charge in [-0.2, -0.15) is 35.7 Å². The minimum Gasteiger partial charge on any atom is -0.358 e. The molecule has 0 unspecified atom stereocenters. The fraction of sp³-hybridized carbons (Fsp3) is 0. The maximum atomic E-state index is 2.12. The van der Waals surface area contributed by atoms with Crippen LogP contribution >= 0.6 is 0 Å². The molecule has 0 radical (unpaired) electrons. The Morgan fingerprint density at radius 3 is 1.88 bits per heavy atom. The van der Waals surface area contributed by atoms with Crippen molar-refractivity contribution in [2.75, 3.05) is 0 Å². The molecule has 0 amide bonds. The van der Waals surface area contributed by atoms with Crippen LogP contribution in [-0.2, 0) is 21.7 Å². The van der Waals surface area contributed by atoms with Gasteiger partial charge in [-0.25, -0.2) is 12.1 Å². The minimum absolute atomic E-state index is 0. The molecule has 0 bridgehead atoms. The Labute approximate surface area is 120 Å². The van der Waals surface area contributed by atoms with Crippen molar-refractivity contribution in [3.8, 4) is 0 Å². The van der Waals surface area contributed by atoms with Crippen LogP contribution in [0.3, 0.4) is 0 Å². The summed E-state index contributed by atoms with van der Waals surface area (Å²) in [5.74, 6) is 0. The third-order valence-electron chi connectivity index (χ3n) is 2.10. The molecule has 0 heterocycles. The van der Waals surface area contributed by atoms with Gasteiger partial charge in [0, 0.05) is 0 Å². The largest absolute Gasteiger partial charge is 4.00 e. The van der Waals surface area contributed by atoms with E-state index < -0.39 is 0 Å². The van der Waals surface area contributed by atoms with Crippen LogP contribution in [0.25, 0.3) is 10.8 Å². The molecule has 17 heavy (non-hydrogen) atoms. The molecule has 3 aromatic carbocycles. The van der Waals surface area contributed by atoms with Crippen molar-refractivity contribution in [3.63, 3.8) is 0 Å². The molecule has 0 aliphatic carbocycles. The van der Waals surface area contributed by atoms with Crippen LogP contribution in [-0.4, -0.2) is 0 Å². The van der Waals surface area contributed by atoms with E-state index in [-0.39, 0.29) is 36.6 Å². The number of hydrogen-bond acceptors (Lipinski definition) is 0. The first-order valence-corrected chi connectivity index (χ1v) is 4.74. The van der Waals surface area contributed by atoms with Gasteiger partial charge in [-0.05, 0) is 0 Å². The van der Waals surface area contributed by atoms with Crippen LogP contribution in [0.15, 0.2) is 72.8 Å². The van der Waals surface area contributed by atoms with E-state index in [1.54, 1.807) is 0 Å². The van der Waals surface area contributed by atoms with E-state index in [1.807, 2.05) is 30.3 Å². The fourth-order valence-corrected chi connectivity index (χ4v) is 1.39. The first-order chi connectivity index (χ1) is 6.97. The van der Waals surface area contributed by atoms with Gasteiger partial charge >= 0.3 is 21.7 Å². The number of hydrogen-bond donors (Lipinski definition) is 0. The van der Waals surface area contributed by atoms with Gasteiger partial charge < -0.3 is 14.9 Å². The zero-order valence-corrected chi connectivity index (χ0v) is 12.0. The molecule has 0 saturated carbocycles. The topological polar surface area (TPSA) is 0 Å². The van der Waals surface area contributed by atoms with Crippen molar-refractivity contribution in [1.29, 1.82) is 0 Å². The third-order valence-corrected chi connectivity index (χ3v) is 2.10. The summed E-state index contributed by atoms with van der Waals surface area (Å²) < 4.78 is 0. The molecule has 3 aromatic rings. The summed E-state index contributed by atoms with van der Waals surface area (Å²) in [7, 11) is 0. The molecular weight excluding hydrogens is 240 g/mol.